The molecule has 0 N–H and O–H groups in total. The lowest BCUT2D eigenvalue weighted by atomic mass is 9.92. The number of hydrogen-bond acceptors (Lipinski definition) is 2. The third-order valence-electron chi connectivity index (χ3n) is 2.58. The van der Waals surface area contributed by atoms with Crippen molar-refractivity contribution in [3.8, 4) is 0 Å². The van der Waals surface area contributed by atoms with Crippen LogP contribution in [-0.2, 0) is 23.6 Å². The summed E-state index contributed by atoms with van der Waals surface area (Å²) in [6.07, 6.45) is 1.44. The lowest BCUT2D eigenvalue weighted by Crippen LogP contribution is -2.12. The number of aryl methyl sites for hydroxylation is 1. The Morgan fingerprint density at radius 1 is 1.57 bits per heavy atom. The number of epoxide rings is 1. The van der Waals surface area contributed by atoms with Gasteiger partial charge in [0.05, 0.1) is 18.4 Å². The summed E-state index contributed by atoms with van der Waals surface area (Å²) in [5.41, 5.74) is 2.58. The molecule has 0 radical (unpaired) electrons. The summed E-state index contributed by atoms with van der Waals surface area (Å²) in [5, 5.41) is 4.52. The van der Waals surface area contributed by atoms with Gasteiger partial charge in [-0.2, -0.15) is 5.10 Å². The van der Waals surface area contributed by atoms with E-state index in [9.17, 15) is 0 Å². The van der Waals surface area contributed by atoms with Crippen molar-refractivity contribution in [1.29, 1.82) is 0 Å². The molecule has 2 rings (SSSR count). The standard InChI is InChI=1S/C11H18N2O/c1-11(2,3)10-6-8(13(4)12-10)5-9-7-14-9/h6,9H,5,7H2,1-4H3. The normalized spacial score (nSPS) is 21.3. The van der Waals surface area contributed by atoms with E-state index < -0.39 is 0 Å². The van der Waals surface area contributed by atoms with Gasteiger partial charge < -0.3 is 4.74 Å². The van der Waals surface area contributed by atoms with Crippen LogP contribution >= 0.6 is 0 Å². The van der Waals surface area contributed by atoms with Gasteiger partial charge in [-0.05, 0) is 6.07 Å². The minimum absolute atomic E-state index is 0.139. The van der Waals surface area contributed by atoms with Crippen molar-refractivity contribution in [3.05, 3.63) is 17.5 Å². The Morgan fingerprint density at radius 2 is 2.21 bits per heavy atom. The molecule has 1 unspecified atom stereocenters. The average Bonchev–Trinajstić information content (AvgIpc) is 2.76. The van der Waals surface area contributed by atoms with Crippen LogP contribution in [0.3, 0.4) is 0 Å². The Bertz CT molecular complexity index is 332. The molecule has 2 heterocycles. The first kappa shape index (κ1) is 9.71. The third kappa shape index (κ3) is 1.98. The van der Waals surface area contributed by atoms with E-state index >= 15 is 0 Å². The molecule has 0 amide bonds. The van der Waals surface area contributed by atoms with Crippen LogP contribution in [-0.4, -0.2) is 22.5 Å². The number of rotatable bonds is 2. The van der Waals surface area contributed by atoms with Crippen LogP contribution in [0.15, 0.2) is 6.07 Å². The third-order valence-corrected chi connectivity index (χ3v) is 2.58. The summed E-state index contributed by atoms with van der Waals surface area (Å²) < 4.78 is 7.20. The predicted octanol–water partition coefficient (Wildman–Crippen LogP) is 1.66. The van der Waals surface area contributed by atoms with E-state index in [1.165, 1.54) is 5.69 Å². The Hall–Kier alpha value is -0.830. The largest absolute Gasteiger partial charge is 0.373 e. The highest BCUT2D eigenvalue weighted by Gasteiger charge is 2.26. The van der Waals surface area contributed by atoms with Crippen LogP contribution in [0.4, 0.5) is 0 Å². The molecule has 14 heavy (non-hydrogen) atoms. The zero-order valence-electron chi connectivity index (χ0n) is 9.37. The summed E-state index contributed by atoms with van der Waals surface area (Å²) in [7, 11) is 2.01. The van der Waals surface area contributed by atoms with Gasteiger partial charge >= 0.3 is 0 Å². The van der Waals surface area contributed by atoms with Crippen molar-refractivity contribution in [3.63, 3.8) is 0 Å². The fourth-order valence-corrected chi connectivity index (χ4v) is 1.48. The van der Waals surface area contributed by atoms with E-state index in [0.717, 1.165) is 18.7 Å². The van der Waals surface area contributed by atoms with Crippen LogP contribution in [0.2, 0.25) is 0 Å². The fraction of sp³-hybridized carbons (Fsp3) is 0.727. The first-order valence-electron chi connectivity index (χ1n) is 5.12. The first-order chi connectivity index (χ1) is 6.47. The number of aromatic nitrogens is 2. The Kier molecular flexibility index (Phi) is 2.14. The predicted molar refractivity (Wildman–Crippen MR) is 55.4 cm³/mol. The van der Waals surface area contributed by atoms with Gasteiger partial charge in [0.15, 0.2) is 0 Å². The second-order valence-electron chi connectivity index (χ2n) is 5.05. The molecule has 1 aliphatic rings. The Balaban J connectivity index is 2.19. The van der Waals surface area contributed by atoms with Crippen LogP contribution in [0.25, 0.3) is 0 Å². The van der Waals surface area contributed by atoms with Gasteiger partial charge in [-0.1, -0.05) is 20.8 Å². The Labute approximate surface area is 85.1 Å². The maximum absolute atomic E-state index is 5.22. The summed E-state index contributed by atoms with van der Waals surface area (Å²) in [6.45, 7) is 7.47. The van der Waals surface area contributed by atoms with Crippen LogP contribution in [0, 0.1) is 0 Å². The van der Waals surface area contributed by atoms with Crippen LogP contribution in [0.1, 0.15) is 32.2 Å². The maximum Gasteiger partial charge on any atom is 0.0865 e. The van der Waals surface area contributed by atoms with Crippen molar-refractivity contribution in [2.75, 3.05) is 6.61 Å². The lowest BCUT2D eigenvalue weighted by Gasteiger charge is -2.13. The number of nitrogens with zero attached hydrogens (tertiary/aromatic N) is 2. The molecule has 0 aromatic carbocycles. The molecule has 0 bridgehead atoms. The highest BCUT2D eigenvalue weighted by Crippen LogP contribution is 2.23. The molecule has 0 spiro atoms. The fourth-order valence-electron chi connectivity index (χ4n) is 1.48. The molecule has 3 nitrogen and oxygen atoms in total. The van der Waals surface area contributed by atoms with E-state index in [1.807, 2.05) is 11.7 Å². The molecule has 1 fully saturated rings. The van der Waals surface area contributed by atoms with Crippen molar-refractivity contribution in [2.45, 2.75) is 38.7 Å². The molecule has 3 heteroatoms. The topological polar surface area (TPSA) is 30.4 Å². The van der Waals surface area contributed by atoms with E-state index in [2.05, 4.69) is 31.9 Å². The molecule has 0 aliphatic carbocycles. The van der Waals surface area contributed by atoms with Gasteiger partial charge in [0.2, 0.25) is 0 Å². The monoisotopic (exact) mass is 194 g/mol. The Morgan fingerprint density at radius 3 is 2.64 bits per heavy atom. The van der Waals surface area contributed by atoms with Gasteiger partial charge in [-0.15, -0.1) is 0 Å². The summed E-state index contributed by atoms with van der Waals surface area (Å²) in [6, 6.07) is 2.20. The van der Waals surface area contributed by atoms with Crippen LogP contribution < -0.4 is 0 Å². The molecule has 1 saturated heterocycles. The van der Waals surface area contributed by atoms with Gasteiger partial charge in [-0.25, -0.2) is 0 Å². The minimum Gasteiger partial charge on any atom is -0.373 e. The smallest absolute Gasteiger partial charge is 0.0865 e. The molecular formula is C11H18N2O. The van der Waals surface area contributed by atoms with Crippen molar-refractivity contribution >= 4 is 0 Å². The second-order valence-corrected chi connectivity index (χ2v) is 5.05. The molecule has 0 saturated carbocycles. The SMILES string of the molecule is Cn1nc(C(C)(C)C)cc1CC1CO1. The summed E-state index contributed by atoms with van der Waals surface area (Å²) in [5.74, 6) is 0. The summed E-state index contributed by atoms with van der Waals surface area (Å²) >= 11 is 0. The highest BCUT2D eigenvalue weighted by molar-refractivity contribution is 5.18. The van der Waals surface area contributed by atoms with Crippen LogP contribution in [0.5, 0.6) is 0 Å². The highest BCUT2D eigenvalue weighted by atomic mass is 16.6. The van der Waals surface area contributed by atoms with E-state index in [0.29, 0.717) is 6.10 Å². The van der Waals surface area contributed by atoms with Crippen molar-refractivity contribution in [1.82, 2.24) is 9.78 Å². The zero-order valence-corrected chi connectivity index (χ0v) is 9.37. The minimum atomic E-state index is 0.139. The van der Waals surface area contributed by atoms with Crippen molar-refractivity contribution in [2.24, 2.45) is 7.05 Å². The average molecular weight is 194 g/mol. The summed E-state index contributed by atoms with van der Waals surface area (Å²) in [4.78, 5) is 0. The maximum atomic E-state index is 5.22. The van der Waals surface area contributed by atoms with Crippen molar-refractivity contribution < 1.29 is 4.74 Å². The molecule has 1 aromatic rings. The first-order valence-corrected chi connectivity index (χ1v) is 5.12. The zero-order chi connectivity index (χ0) is 10.3. The van der Waals surface area contributed by atoms with E-state index in [-0.39, 0.29) is 5.41 Å². The quantitative estimate of drug-likeness (QED) is 0.670. The molecule has 1 aliphatic heterocycles. The molecule has 1 aromatic heterocycles. The molecular weight excluding hydrogens is 176 g/mol. The lowest BCUT2D eigenvalue weighted by molar-refractivity contribution is 0.403. The number of hydrogen-bond donors (Lipinski definition) is 0. The second kappa shape index (κ2) is 3.09. The van der Waals surface area contributed by atoms with Gasteiger partial charge in [0.25, 0.3) is 0 Å². The van der Waals surface area contributed by atoms with Gasteiger partial charge in [0, 0.05) is 24.6 Å². The van der Waals surface area contributed by atoms with Gasteiger partial charge in [0.1, 0.15) is 0 Å². The van der Waals surface area contributed by atoms with E-state index in [1.54, 1.807) is 0 Å². The molecule has 78 valence electrons. The number of ether oxygens (including phenoxy) is 1. The van der Waals surface area contributed by atoms with Gasteiger partial charge in [-0.3, -0.25) is 4.68 Å². The van der Waals surface area contributed by atoms with E-state index in [4.69, 9.17) is 4.74 Å². The molecule has 1 atom stereocenters.